The summed E-state index contributed by atoms with van der Waals surface area (Å²) < 4.78 is 23.0. The first kappa shape index (κ1) is 19.5. The highest BCUT2D eigenvalue weighted by atomic mass is 19.1. The Morgan fingerprint density at radius 2 is 1.85 bits per heavy atom. The summed E-state index contributed by atoms with van der Waals surface area (Å²) >= 11 is 0. The quantitative estimate of drug-likeness (QED) is 0.558. The Balaban J connectivity index is 1.75. The number of carbonyl (C=O) groups excluding carboxylic acids is 2. The van der Waals surface area contributed by atoms with E-state index < -0.39 is 5.97 Å². The molecule has 2 N–H and O–H groups in total. The van der Waals surface area contributed by atoms with Gasteiger partial charge in [0.15, 0.2) is 0 Å². The van der Waals surface area contributed by atoms with Crippen LogP contribution in [0, 0.1) is 19.7 Å². The number of esters is 1. The topological polar surface area (TPSA) is 80.4 Å². The molecule has 1 aromatic heterocycles. The molecule has 0 bridgehead atoms. The second-order valence-corrected chi connectivity index (χ2v) is 5.88. The van der Waals surface area contributed by atoms with Gasteiger partial charge in [0, 0.05) is 12.2 Å². The highest BCUT2D eigenvalue weighted by molar-refractivity contribution is 6.00. The number of halogens is 1. The highest BCUT2D eigenvalue weighted by Crippen LogP contribution is 2.18. The molecule has 1 amide bonds. The molecule has 2 rings (SSSR count). The first-order chi connectivity index (χ1) is 12.4. The van der Waals surface area contributed by atoms with Gasteiger partial charge in [-0.25, -0.2) is 9.18 Å². The molecule has 0 unspecified atom stereocenters. The SMILES string of the molecule is COC(=O)c1c(C)[nH]c(C(=O)NCCCCOc2ccc(F)cc2)c1C. The Kier molecular flexibility index (Phi) is 6.77. The van der Waals surface area contributed by atoms with Crippen molar-refractivity contribution in [2.24, 2.45) is 0 Å². The van der Waals surface area contributed by atoms with Crippen LogP contribution in [0.25, 0.3) is 0 Å². The Hall–Kier alpha value is -2.83. The van der Waals surface area contributed by atoms with Crippen molar-refractivity contribution in [3.05, 3.63) is 52.6 Å². The predicted octanol–water partition coefficient (Wildman–Crippen LogP) is 3.15. The van der Waals surface area contributed by atoms with Crippen molar-refractivity contribution in [3.8, 4) is 5.75 Å². The molecule has 7 heteroatoms. The second kappa shape index (κ2) is 9.03. The average molecular weight is 362 g/mol. The molecule has 0 fully saturated rings. The largest absolute Gasteiger partial charge is 0.494 e. The number of H-pyrrole nitrogens is 1. The average Bonchev–Trinajstić information content (AvgIpc) is 2.93. The molecule has 0 spiro atoms. The first-order valence-electron chi connectivity index (χ1n) is 8.38. The van der Waals surface area contributed by atoms with E-state index >= 15 is 0 Å². The lowest BCUT2D eigenvalue weighted by Crippen LogP contribution is -2.25. The number of methoxy groups -OCH3 is 1. The van der Waals surface area contributed by atoms with Gasteiger partial charge in [0.1, 0.15) is 17.3 Å². The third-order valence-electron chi connectivity index (χ3n) is 3.99. The second-order valence-electron chi connectivity index (χ2n) is 5.88. The molecule has 0 aliphatic carbocycles. The first-order valence-corrected chi connectivity index (χ1v) is 8.38. The number of unbranched alkanes of at least 4 members (excludes halogenated alkanes) is 1. The maximum absolute atomic E-state index is 12.8. The van der Waals surface area contributed by atoms with Crippen molar-refractivity contribution < 1.29 is 23.5 Å². The Morgan fingerprint density at radius 3 is 2.50 bits per heavy atom. The zero-order valence-corrected chi connectivity index (χ0v) is 15.1. The molecule has 0 aliphatic rings. The summed E-state index contributed by atoms with van der Waals surface area (Å²) in [5.74, 6) is -0.415. The lowest BCUT2D eigenvalue weighted by molar-refractivity contribution is 0.0599. The van der Waals surface area contributed by atoms with Crippen molar-refractivity contribution in [3.63, 3.8) is 0 Å². The van der Waals surface area contributed by atoms with E-state index in [1.54, 1.807) is 26.0 Å². The highest BCUT2D eigenvalue weighted by Gasteiger charge is 2.22. The molecule has 0 atom stereocenters. The number of amides is 1. The predicted molar refractivity (Wildman–Crippen MR) is 95.1 cm³/mol. The maximum Gasteiger partial charge on any atom is 0.339 e. The van der Waals surface area contributed by atoms with Crippen molar-refractivity contribution >= 4 is 11.9 Å². The molecule has 26 heavy (non-hydrogen) atoms. The molecular formula is C19H23FN2O4. The Labute approximate surface area is 151 Å². The van der Waals surface area contributed by atoms with Crippen LogP contribution in [-0.4, -0.2) is 37.1 Å². The van der Waals surface area contributed by atoms with Gasteiger partial charge in [-0.3, -0.25) is 4.79 Å². The van der Waals surface area contributed by atoms with E-state index in [1.807, 2.05) is 0 Å². The molecule has 0 aliphatic heterocycles. The fraction of sp³-hybridized carbons (Fsp3) is 0.368. The van der Waals surface area contributed by atoms with Gasteiger partial charge in [-0.15, -0.1) is 0 Å². The fourth-order valence-electron chi connectivity index (χ4n) is 2.62. The minimum Gasteiger partial charge on any atom is -0.494 e. The third-order valence-corrected chi connectivity index (χ3v) is 3.99. The van der Waals surface area contributed by atoms with Gasteiger partial charge in [-0.05, 0) is 56.5 Å². The van der Waals surface area contributed by atoms with Crippen molar-refractivity contribution in [2.45, 2.75) is 26.7 Å². The number of hydrogen-bond donors (Lipinski definition) is 2. The number of carbonyl (C=O) groups is 2. The molecular weight excluding hydrogens is 339 g/mol. The van der Waals surface area contributed by atoms with Crippen LogP contribution in [0.1, 0.15) is 44.9 Å². The Bertz CT molecular complexity index is 769. The number of nitrogens with one attached hydrogen (secondary N) is 2. The summed E-state index contributed by atoms with van der Waals surface area (Å²) in [7, 11) is 1.31. The van der Waals surface area contributed by atoms with Crippen LogP contribution in [0.15, 0.2) is 24.3 Å². The molecule has 140 valence electrons. The summed E-state index contributed by atoms with van der Waals surface area (Å²) in [5.41, 5.74) is 1.94. The normalized spacial score (nSPS) is 10.5. The smallest absolute Gasteiger partial charge is 0.339 e. The monoisotopic (exact) mass is 362 g/mol. The summed E-state index contributed by atoms with van der Waals surface area (Å²) in [4.78, 5) is 27.0. The summed E-state index contributed by atoms with van der Waals surface area (Å²) in [6.45, 7) is 4.40. The molecule has 0 saturated carbocycles. The number of rotatable bonds is 8. The van der Waals surface area contributed by atoms with E-state index in [-0.39, 0.29) is 11.7 Å². The molecule has 1 heterocycles. The molecule has 1 aromatic carbocycles. The van der Waals surface area contributed by atoms with Gasteiger partial charge in [0.2, 0.25) is 0 Å². The van der Waals surface area contributed by atoms with Crippen molar-refractivity contribution in [2.75, 3.05) is 20.3 Å². The van der Waals surface area contributed by atoms with Crippen molar-refractivity contribution in [1.29, 1.82) is 0 Å². The van der Waals surface area contributed by atoms with Gasteiger partial charge in [0.25, 0.3) is 5.91 Å². The molecule has 0 radical (unpaired) electrons. The zero-order chi connectivity index (χ0) is 19.1. The van der Waals surface area contributed by atoms with Crippen LogP contribution in [0.5, 0.6) is 5.75 Å². The van der Waals surface area contributed by atoms with Crippen LogP contribution in [0.2, 0.25) is 0 Å². The molecule has 6 nitrogen and oxygen atoms in total. The van der Waals surface area contributed by atoms with Crippen LogP contribution in [0.4, 0.5) is 4.39 Å². The van der Waals surface area contributed by atoms with E-state index in [0.717, 1.165) is 12.8 Å². The number of ether oxygens (including phenoxy) is 2. The van der Waals surface area contributed by atoms with Crippen LogP contribution in [0.3, 0.4) is 0 Å². The maximum atomic E-state index is 12.8. The number of hydrogen-bond acceptors (Lipinski definition) is 4. The van der Waals surface area contributed by atoms with E-state index in [2.05, 4.69) is 10.3 Å². The van der Waals surface area contributed by atoms with E-state index in [4.69, 9.17) is 9.47 Å². The van der Waals surface area contributed by atoms with Crippen molar-refractivity contribution in [1.82, 2.24) is 10.3 Å². The zero-order valence-electron chi connectivity index (χ0n) is 15.1. The van der Waals surface area contributed by atoms with E-state index in [1.165, 1.54) is 19.2 Å². The minimum absolute atomic E-state index is 0.264. The number of aryl methyl sites for hydroxylation is 1. The van der Waals surface area contributed by atoms with Gasteiger partial charge in [0.05, 0.1) is 19.3 Å². The lowest BCUT2D eigenvalue weighted by Gasteiger charge is -2.07. The fourth-order valence-corrected chi connectivity index (χ4v) is 2.62. The number of aromatic nitrogens is 1. The summed E-state index contributed by atoms with van der Waals surface area (Å²) in [6, 6.07) is 5.84. The van der Waals surface area contributed by atoms with E-state index in [0.29, 0.717) is 41.4 Å². The third kappa shape index (κ3) is 4.84. The Morgan fingerprint density at radius 1 is 1.15 bits per heavy atom. The molecule has 2 aromatic rings. The van der Waals surface area contributed by atoms with Gasteiger partial charge in [-0.2, -0.15) is 0 Å². The van der Waals surface area contributed by atoms with Gasteiger partial charge >= 0.3 is 5.97 Å². The standard InChI is InChI=1S/C19H23FN2O4/c1-12-16(19(24)25-3)13(2)22-17(12)18(23)21-10-4-5-11-26-15-8-6-14(20)7-9-15/h6-9,22H,4-5,10-11H2,1-3H3,(H,21,23). The van der Waals surface area contributed by atoms with Gasteiger partial charge < -0.3 is 19.8 Å². The van der Waals surface area contributed by atoms with Gasteiger partial charge in [-0.1, -0.05) is 0 Å². The number of benzene rings is 1. The summed E-state index contributed by atoms with van der Waals surface area (Å²) in [6.07, 6.45) is 1.48. The van der Waals surface area contributed by atoms with E-state index in [9.17, 15) is 14.0 Å². The van der Waals surface area contributed by atoms with Crippen LogP contribution in [-0.2, 0) is 4.74 Å². The minimum atomic E-state index is -0.465. The van der Waals surface area contributed by atoms with Crippen LogP contribution >= 0.6 is 0 Å². The van der Waals surface area contributed by atoms with Crippen LogP contribution < -0.4 is 10.1 Å². The number of aromatic amines is 1. The lowest BCUT2D eigenvalue weighted by atomic mass is 10.1. The summed E-state index contributed by atoms with van der Waals surface area (Å²) in [5, 5.41) is 2.82. The molecule has 0 saturated heterocycles.